The van der Waals surface area contributed by atoms with Crippen LogP contribution in [0.4, 0.5) is 0 Å². The Morgan fingerprint density at radius 2 is 2.12 bits per heavy atom. The summed E-state index contributed by atoms with van der Waals surface area (Å²) in [6, 6.07) is 8.04. The summed E-state index contributed by atoms with van der Waals surface area (Å²) in [6.07, 6.45) is 2.77. The predicted molar refractivity (Wildman–Crippen MR) is 63.3 cm³/mol. The molecule has 1 aromatic heterocycles. The van der Waals surface area contributed by atoms with Crippen molar-refractivity contribution in [3.8, 4) is 5.69 Å². The van der Waals surface area contributed by atoms with E-state index in [9.17, 15) is 0 Å². The molecule has 1 unspecified atom stereocenters. The minimum absolute atomic E-state index is 0.0298. The van der Waals surface area contributed by atoms with Crippen molar-refractivity contribution < 1.29 is 0 Å². The van der Waals surface area contributed by atoms with E-state index in [1.807, 2.05) is 31.3 Å². The first-order valence-electron chi connectivity index (χ1n) is 5.46. The second-order valence-electron chi connectivity index (χ2n) is 3.89. The molecule has 0 saturated heterocycles. The number of aromatic nitrogens is 3. The Balaban J connectivity index is 2.35. The van der Waals surface area contributed by atoms with Crippen molar-refractivity contribution in [2.24, 2.45) is 5.73 Å². The SMILES string of the molecule is CCC(N)c1cn(-c2ccccc2C)nn1. The van der Waals surface area contributed by atoms with Crippen LogP contribution in [0.5, 0.6) is 0 Å². The summed E-state index contributed by atoms with van der Waals surface area (Å²) >= 11 is 0. The number of hydrogen-bond acceptors (Lipinski definition) is 3. The van der Waals surface area contributed by atoms with Crippen LogP contribution in [0.15, 0.2) is 30.5 Å². The van der Waals surface area contributed by atoms with Gasteiger partial charge < -0.3 is 5.73 Å². The van der Waals surface area contributed by atoms with Gasteiger partial charge in [-0.15, -0.1) is 5.10 Å². The number of hydrogen-bond donors (Lipinski definition) is 1. The summed E-state index contributed by atoms with van der Waals surface area (Å²) in [7, 11) is 0. The maximum atomic E-state index is 5.91. The highest BCUT2D eigenvalue weighted by Gasteiger charge is 2.09. The minimum Gasteiger partial charge on any atom is -0.323 e. The molecule has 1 heterocycles. The van der Waals surface area contributed by atoms with Crippen LogP contribution in [0.1, 0.15) is 30.6 Å². The lowest BCUT2D eigenvalue weighted by molar-refractivity contribution is 0.670. The highest BCUT2D eigenvalue weighted by Crippen LogP contribution is 2.15. The molecule has 0 aliphatic rings. The van der Waals surface area contributed by atoms with E-state index in [1.54, 1.807) is 4.68 Å². The first-order chi connectivity index (χ1) is 7.72. The zero-order chi connectivity index (χ0) is 11.5. The van der Waals surface area contributed by atoms with Crippen molar-refractivity contribution in [1.29, 1.82) is 0 Å². The molecule has 2 rings (SSSR count). The van der Waals surface area contributed by atoms with E-state index in [2.05, 4.69) is 23.3 Å². The lowest BCUT2D eigenvalue weighted by Gasteiger charge is -2.04. The molecule has 1 atom stereocenters. The smallest absolute Gasteiger partial charge is 0.0998 e. The number of nitrogens with zero attached hydrogens (tertiary/aromatic N) is 3. The molecule has 2 aromatic rings. The van der Waals surface area contributed by atoms with Gasteiger partial charge in [0.2, 0.25) is 0 Å². The third-order valence-corrected chi connectivity index (χ3v) is 2.69. The highest BCUT2D eigenvalue weighted by atomic mass is 15.4. The van der Waals surface area contributed by atoms with Crippen molar-refractivity contribution in [1.82, 2.24) is 15.0 Å². The number of benzene rings is 1. The van der Waals surface area contributed by atoms with Crippen molar-refractivity contribution in [3.05, 3.63) is 41.7 Å². The molecule has 0 amide bonds. The first kappa shape index (κ1) is 10.8. The summed E-state index contributed by atoms with van der Waals surface area (Å²) in [6.45, 7) is 4.09. The minimum atomic E-state index is -0.0298. The number of rotatable bonds is 3. The topological polar surface area (TPSA) is 56.7 Å². The Kier molecular flexibility index (Phi) is 3.01. The second kappa shape index (κ2) is 4.45. The largest absolute Gasteiger partial charge is 0.323 e. The van der Waals surface area contributed by atoms with Gasteiger partial charge >= 0.3 is 0 Å². The molecule has 16 heavy (non-hydrogen) atoms. The summed E-state index contributed by atoms with van der Waals surface area (Å²) in [5, 5.41) is 8.20. The van der Waals surface area contributed by atoms with Gasteiger partial charge in [0.1, 0.15) is 0 Å². The predicted octanol–water partition coefficient (Wildman–Crippen LogP) is 1.99. The summed E-state index contributed by atoms with van der Waals surface area (Å²) in [4.78, 5) is 0. The lowest BCUT2D eigenvalue weighted by Crippen LogP contribution is -2.08. The molecule has 1 aromatic carbocycles. The average molecular weight is 216 g/mol. The fourth-order valence-electron chi connectivity index (χ4n) is 1.59. The van der Waals surface area contributed by atoms with Gasteiger partial charge in [0.25, 0.3) is 0 Å². The molecule has 4 heteroatoms. The zero-order valence-electron chi connectivity index (χ0n) is 9.59. The van der Waals surface area contributed by atoms with Crippen LogP contribution in [0, 0.1) is 6.92 Å². The molecule has 0 radical (unpaired) electrons. The summed E-state index contributed by atoms with van der Waals surface area (Å²) < 4.78 is 1.78. The van der Waals surface area contributed by atoms with Gasteiger partial charge in [-0.2, -0.15) is 0 Å². The quantitative estimate of drug-likeness (QED) is 0.853. The Labute approximate surface area is 95.1 Å². The molecule has 0 spiro atoms. The van der Waals surface area contributed by atoms with E-state index in [4.69, 9.17) is 5.73 Å². The first-order valence-corrected chi connectivity index (χ1v) is 5.46. The maximum absolute atomic E-state index is 5.91. The standard InChI is InChI=1S/C12H16N4/c1-3-10(13)11-8-16(15-14-11)12-7-5-4-6-9(12)2/h4-8,10H,3,13H2,1-2H3. The average Bonchev–Trinajstić information content (AvgIpc) is 2.78. The molecule has 0 saturated carbocycles. The van der Waals surface area contributed by atoms with Crippen LogP contribution >= 0.6 is 0 Å². The number of aryl methyl sites for hydroxylation is 1. The third-order valence-electron chi connectivity index (χ3n) is 2.69. The van der Waals surface area contributed by atoms with Crippen LogP contribution in [0.2, 0.25) is 0 Å². The second-order valence-corrected chi connectivity index (χ2v) is 3.89. The number of para-hydroxylation sites is 1. The summed E-state index contributed by atoms with van der Waals surface area (Å²) in [5.41, 5.74) is 8.96. The van der Waals surface area contributed by atoms with Crippen LogP contribution < -0.4 is 5.73 Å². The number of nitrogens with two attached hydrogens (primary N) is 1. The molecule has 84 valence electrons. The van der Waals surface area contributed by atoms with Crippen LogP contribution in [0.25, 0.3) is 5.69 Å². The molecular formula is C12H16N4. The molecule has 0 aliphatic carbocycles. The highest BCUT2D eigenvalue weighted by molar-refractivity contribution is 5.39. The fraction of sp³-hybridized carbons (Fsp3) is 0.333. The van der Waals surface area contributed by atoms with Gasteiger partial charge in [-0.1, -0.05) is 30.3 Å². The van der Waals surface area contributed by atoms with Crippen LogP contribution in [0.3, 0.4) is 0 Å². The lowest BCUT2D eigenvalue weighted by atomic mass is 10.2. The fourth-order valence-corrected chi connectivity index (χ4v) is 1.59. The molecule has 0 aliphatic heterocycles. The van der Waals surface area contributed by atoms with Gasteiger partial charge in [0.15, 0.2) is 0 Å². The van der Waals surface area contributed by atoms with Crippen LogP contribution in [-0.4, -0.2) is 15.0 Å². The van der Waals surface area contributed by atoms with Crippen molar-refractivity contribution in [3.63, 3.8) is 0 Å². The van der Waals surface area contributed by atoms with Crippen molar-refractivity contribution >= 4 is 0 Å². The van der Waals surface area contributed by atoms with E-state index in [0.29, 0.717) is 0 Å². The molecule has 0 fully saturated rings. The van der Waals surface area contributed by atoms with E-state index in [1.165, 1.54) is 5.56 Å². The molecule has 0 bridgehead atoms. The van der Waals surface area contributed by atoms with Gasteiger partial charge in [-0.3, -0.25) is 0 Å². The normalized spacial score (nSPS) is 12.7. The molecular weight excluding hydrogens is 200 g/mol. The van der Waals surface area contributed by atoms with Crippen molar-refractivity contribution in [2.45, 2.75) is 26.3 Å². The van der Waals surface area contributed by atoms with E-state index in [0.717, 1.165) is 17.8 Å². The Morgan fingerprint density at radius 1 is 1.38 bits per heavy atom. The van der Waals surface area contributed by atoms with E-state index in [-0.39, 0.29) is 6.04 Å². The van der Waals surface area contributed by atoms with Gasteiger partial charge in [0.05, 0.1) is 23.6 Å². The van der Waals surface area contributed by atoms with E-state index >= 15 is 0 Å². The maximum Gasteiger partial charge on any atom is 0.0998 e. The Hall–Kier alpha value is -1.68. The van der Waals surface area contributed by atoms with Gasteiger partial charge in [-0.05, 0) is 25.0 Å². The summed E-state index contributed by atoms with van der Waals surface area (Å²) in [5.74, 6) is 0. The third kappa shape index (κ3) is 1.97. The van der Waals surface area contributed by atoms with E-state index < -0.39 is 0 Å². The van der Waals surface area contributed by atoms with Crippen LogP contribution in [-0.2, 0) is 0 Å². The molecule has 2 N–H and O–H groups in total. The van der Waals surface area contributed by atoms with Gasteiger partial charge in [-0.25, -0.2) is 4.68 Å². The van der Waals surface area contributed by atoms with Crippen molar-refractivity contribution in [2.75, 3.05) is 0 Å². The Bertz CT molecular complexity index is 475. The zero-order valence-corrected chi connectivity index (χ0v) is 9.59. The monoisotopic (exact) mass is 216 g/mol. The van der Waals surface area contributed by atoms with Gasteiger partial charge in [0, 0.05) is 0 Å². The molecule has 4 nitrogen and oxygen atoms in total. The Morgan fingerprint density at radius 3 is 2.81 bits per heavy atom.